The second-order valence-corrected chi connectivity index (χ2v) is 7.78. The van der Waals surface area contributed by atoms with Gasteiger partial charge in [0.25, 0.3) is 0 Å². The van der Waals surface area contributed by atoms with Crippen molar-refractivity contribution in [2.45, 2.75) is 11.8 Å². The number of rotatable bonds is 7. The van der Waals surface area contributed by atoms with E-state index in [9.17, 15) is 13.2 Å². The summed E-state index contributed by atoms with van der Waals surface area (Å²) in [5.41, 5.74) is 0. The normalized spacial score (nSPS) is 15.4. The van der Waals surface area contributed by atoms with Gasteiger partial charge in [0.05, 0.1) is 17.3 Å². The molecule has 1 N–H and O–H groups in total. The summed E-state index contributed by atoms with van der Waals surface area (Å²) in [5.74, 6) is 0.853. The molecule has 0 atom stereocenters. The van der Waals surface area contributed by atoms with Gasteiger partial charge in [-0.25, -0.2) is 13.1 Å². The molecule has 1 aliphatic heterocycles. The highest BCUT2D eigenvalue weighted by Crippen LogP contribution is 2.19. The molecule has 22 heavy (non-hydrogen) atoms. The summed E-state index contributed by atoms with van der Waals surface area (Å²) < 4.78 is 32.5. The number of nitrogens with zero attached hydrogens (tertiary/aromatic N) is 1. The van der Waals surface area contributed by atoms with Crippen LogP contribution in [0.3, 0.4) is 0 Å². The third-order valence-corrected chi connectivity index (χ3v) is 5.82. The second-order valence-electron chi connectivity index (χ2n) is 4.40. The summed E-state index contributed by atoms with van der Waals surface area (Å²) >= 11 is 6.32. The van der Waals surface area contributed by atoms with Crippen LogP contribution in [0.25, 0.3) is 0 Å². The summed E-state index contributed by atoms with van der Waals surface area (Å²) in [5, 5.41) is 0. The van der Waals surface area contributed by atoms with E-state index in [-0.39, 0.29) is 23.9 Å². The number of ether oxygens (including phenoxy) is 1. The Morgan fingerprint density at radius 1 is 1.36 bits per heavy atom. The molecule has 0 unspecified atom stereocenters. The first kappa shape index (κ1) is 17.2. The number of carbonyl (C=O) groups excluding carboxylic acids is 1. The molecule has 0 aromatic heterocycles. The lowest BCUT2D eigenvalue weighted by Crippen LogP contribution is -2.37. The number of benzene rings is 1. The van der Waals surface area contributed by atoms with Crippen LogP contribution in [0.15, 0.2) is 29.2 Å². The molecule has 0 aliphatic carbocycles. The molecule has 1 aromatic rings. The van der Waals surface area contributed by atoms with Crippen molar-refractivity contribution in [2.75, 3.05) is 25.4 Å². The quantitative estimate of drug-likeness (QED) is 0.737. The van der Waals surface area contributed by atoms with Crippen molar-refractivity contribution in [3.63, 3.8) is 0 Å². The zero-order chi connectivity index (χ0) is 16.2. The van der Waals surface area contributed by atoms with Crippen molar-refractivity contribution < 1.29 is 17.9 Å². The highest BCUT2D eigenvalue weighted by Gasteiger charge is 2.26. The Hall–Kier alpha value is -1.16. The van der Waals surface area contributed by atoms with Gasteiger partial charge in [0, 0.05) is 13.1 Å². The van der Waals surface area contributed by atoms with Crippen LogP contribution in [0.5, 0.6) is 5.75 Å². The minimum atomic E-state index is -3.61. The predicted octanol–water partition coefficient (Wildman–Crippen LogP) is 1.22. The minimum absolute atomic E-state index is 0.0877. The van der Waals surface area contributed by atoms with Crippen molar-refractivity contribution in [3.8, 4) is 5.75 Å². The number of carbonyl (C=O) groups is 1. The van der Waals surface area contributed by atoms with Gasteiger partial charge >= 0.3 is 0 Å². The largest absolute Gasteiger partial charge is 0.494 e. The third kappa shape index (κ3) is 4.19. The first-order chi connectivity index (χ1) is 10.4. The number of hydrogen-bond acceptors (Lipinski definition) is 6. The molecular weight excluding hydrogens is 344 g/mol. The van der Waals surface area contributed by atoms with Crippen LogP contribution in [-0.4, -0.2) is 49.0 Å². The van der Waals surface area contributed by atoms with E-state index in [1.54, 1.807) is 12.1 Å². The molecule has 0 radical (unpaired) electrons. The number of nitrogens with one attached hydrogen (secondary N) is 1. The Labute approximate surface area is 139 Å². The lowest BCUT2D eigenvalue weighted by Gasteiger charge is -2.15. The van der Waals surface area contributed by atoms with Crippen LogP contribution in [0.1, 0.15) is 6.92 Å². The average Bonchev–Trinajstić information content (AvgIpc) is 2.80. The van der Waals surface area contributed by atoms with Crippen molar-refractivity contribution in [2.24, 2.45) is 0 Å². The SMILES string of the molecule is CCOc1ccc(S(=O)(=O)NCCN2C(=O)CSC2=S)cc1. The number of thiocarbonyl (C=S) groups is 1. The Morgan fingerprint density at radius 3 is 2.59 bits per heavy atom. The van der Waals surface area contributed by atoms with E-state index >= 15 is 0 Å². The van der Waals surface area contributed by atoms with Gasteiger partial charge in [0.1, 0.15) is 10.1 Å². The van der Waals surface area contributed by atoms with E-state index in [0.717, 1.165) is 0 Å². The molecule has 1 saturated heterocycles. The molecule has 0 saturated carbocycles. The fourth-order valence-corrected chi connectivity index (χ4v) is 4.00. The maximum Gasteiger partial charge on any atom is 0.240 e. The van der Waals surface area contributed by atoms with Crippen molar-refractivity contribution in [3.05, 3.63) is 24.3 Å². The Bertz CT molecular complexity index is 642. The molecule has 1 aromatic carbocycles. The van der Waals surface area contributed by atoms with Crippen LogP contribution in [0.4, 0.5) is 0 Å². The van der Waals surface area contributed by atoms with E-state index in [1.807, 2.05) is 6.92 Å². The number of thioether (sulfide) groups is 1. The molecule has 9 heteroatoms. The summed E-state index contributed by atoms with van der Waals surface area (Å²) in [7, 11) is -3.61. The van der Waals surface area contributed by atoms with Crippen LogP contribution in [0.2, 0.25) is 0 Å². The fourth-order valence-electron chi connectivity index (χ4n) is 1.85. The maximum atomic E-state index is 12.1. The van der Waals surface area contributed by atoms with Gasteiger partial charge in [-0.3, -0.25) is 9.69 Å². The lowest BCUT2D eigenvalue weighted by molar-refractivity contribution is -0.123. The molecule has 2 rings (SSSR count). The van der Waals surface area contributed by atoms with Crippen LogP contribution in [0, 0.1) is 0 Å². The molecule has 0 bridgehead atoms. The van der Waals surface area contributed by atoms with E-state index in [1.165, 1.54) is 28.8 Å². The highest BCUT2D eigenvalue weighted by atomic mass is 32.2. The minimum Gasteiger partial charge on any atom is -0.494 e. The number of sulfonamides is 1. The summed E-state index contributed by atoms with van der Waals surface area (Å²) in [6, 6.07) is 6.17. The molecule has 6 nitrogen and oxygen atoms in total. The first-order valence-corrected chi connectivity index (χ1v) is 9.51. The van der Waals surface area contributed by atoms with Gasteiger partial charge < -0.3 is 4.74 Å². The Kier molecular flexibility index (Phi) is 5.79. The van der Waals surface area contributed by atoms with Gasteiger partial charge in [0.15, 0.2) is 0 Å². The third-order valence-electron chi connectivity index (χ3n) is 2.91. The van der Waals surface area contributed by atoms with Gasteiger partial charge in [-0.1, -0.05) is 24.0 Å². The van der Waals surface area contributed by atoms with Crippen LogP contribution >= 0.6 is 24.0 Å². The van der Waals surface area contributed by atoms with Gasteiger partial charge in [-0.05, 0) is 31.2 Å². The Balaban J connectivity index is 1.93. The lowest BCUT2D eigenvalue weighted by atomic mass is 10.3. The van der Waals surface area contributed by atoms with Crippen molar-refractivity contribution >= 4 is 44.2 Å². The number of hydrogen-bond donors (Lipinski definition) is 1. The summed E-state index contributed by atoms with van der Waals surface area (Å²) in [4.78, 5) is 13.1. The summed E-state index contributed by atoms with van der Waals surface area (Å²) in [6.07, 6.45) is 0. The average molecular weight is 360 g/mol. The van der Waals surface area contributed by atoms with Crippen molar-refractivity contribution in [1.29, 1.82) is 0 Å². The molecule has 0 spiro atoms. The maximum absolute atomic E-state index is 12.1. The van der Waals surface area contributed by atoms with Crippen LogP contribution < -0.4 is 9.46 Å². The fraction of sp³-hybridized carbons (Fsp3) is 0.385. The van der Waals surface area contributed by atoms with E-state index in [4.69, 9.17) is 17.0 Å². The zero-order valence-corrected chi connectivity index (χ0v) is 14.4. The molecule has 120 valence electrons. The van der Waals surface area contributed by atoms with E-state index in [2.05, 4.69) is 4.72 Å². The second kappa shape index (κ2) is 7.40. The number of amides is 1. The monoisotopic (exact) mass is 360 g/mol. The topological polar surface area (TPSA) is 75.7 Å². The highest BCUT2D eigenvalue weighted by molar-refractivity contribution is 8.23. The van der Waals surface area contributed by atoms with Crippen LogP contribution in [-0.2, 0) is 14.8 Å². The first-order valence-electron chi connectivity index (χ1n) is 6.63. The molecule has 1 fully saturated rings. The molecular formula is C13H16N2O4S3. The smallest absolute Gasteiger partial charge is 0.240 e. The standard InChI is InChI=1S/C13H16N2O4S3/c1-2-19-10-3-5-11(6-4-10)22(17,18)14-7-8-15-12(16)9-21-13(15)20/h3-6,14H,2,7-9H2,1H3. The van der Waals surface area contributed by atoms with Gasteiger partial charge in [0.2, 0.25) is 15.9 Å². The zero-order valence-electron chi connectivity index (χ0n) is 11.9. The molecule has 1 aliphatic rings. The van der Waals surface area contributed by atoms with E-state index in [0.29, 0.717) is 22.4 Å². The van der Waals surface area contributed by atoms with Crippen molar-refractivity contribution in [1.82, 2.24) is 9.62 Å². The Morgan fingerprint density at radius 2 is 2.05 bits per heavy atom. The molecule has 1 heterocycles. The van der Waals surface area contributed by atoms with Gasteiger partial charge in [-0.2, -0.15) is 0 Å². The van der Waals surface area contributed by atoms with Gasteiger partial charge in [-0.15, -0.1) is 0 Å². The summed E-state index contributed by atoms with van der Waals surface area (Å²) in [6.45, 7) is 2.73. The van der Waals surface area contributed by atoms with E-state index < -0.39 is 10.0 Å². The predicted molar refractivity (Wildman–Crippen MR) is 89.6 cm³/mol. The molecule has 1 amide bonds.